The molecule has 1 aliphatic carbocycles. The van der Waals surface area contributed by atoms with Crippen molar-refractivity contribution in [3.8, 4) is 17.2 Å². The summed E-state index contributed by atoms with van der Waals surface area (Å²) in [6, 6.07) is 10.8. The van der Waals surface area contributed by atoms with Crippen LogP contribution in [0.15, 0.2) is 48.2 Å². The zero-order valence-electron chi connectivity index (χ0n) is 15.5. The minimum absolute atomic E-state index is 0.0492. The third-order valence-corrected chi connectivity index (χ3v) is 4.59. The first-order chi connectivity index (χ1) is 12.6. The summed E-state index contributed by atoms with van der Waals surface area (Å²) in [5, 5.41) is 0. The molecule has 2 aromatic carbocycles. The molecule has 0 saturated heterocycles. The maximum atomic E-state index is 12.9. The smallest absolute Gasteiger partial charge is 0.193 e. The van der Waals surface area contributed by atoms with Gasteiger partial charge >= 0.3 is 0 Å². The maximum absolute atomic E-state index is 12.9. The molecular formula is C22H24O4. The van der Waals surface area contributed by atoms with E-state index in [2.05, 4.69) is 6.08 Å². The van der Waals surface area contributed by atoms with Gasteiger partial charge in [-0.3, -0.25) is 4.79 Å². The first kappa shape index (κ1) is 18.1. The van der Waals surface area contributed by atoms with Gasteiger partial charge in [0.2, 0.25) is 0 Å². The monoisotopic (exact) mass is 352 g/mol. The number of carbonyl (C=O) groups excluding carboxylic acids is 1. The van der Waals surface area contributed by atoms with Gasteiger partial charge in [0.15, 0.2) is 17.3 Å². The summed E-state index contributed by atoms with van der Waals surface area (Å²) in [6.07, 6.45) is 6.59. The molecule has 136 valence electrons. The van der Waals surface area contributed by atoms with Gasteiger partial charge in [0.1, 0.15) is 11.5 Å². The predicted octanol–water partition coefficient (Wildman–Crippen LogP) is 5.08. The van der Waals surface area contributed by atoms with Crippen molar-refractivity contribution in [2.75, 3.05) is 14.2 Å². The highest BCUT2D eigenvalue weighted by Gasteiger charge is 2.16. The zero-order chi connectivity index (χ0) is 18.5. The van der Waals surface area contributed by atoms with Gasteiger partial charge in [-0.1, -0.05) is 0 Å². The average molecular weight is 352 g/mol. The Labute approximate surface area is 154 Å². The number of aryl methyl sites for hydroxylation is 1. The fourth-order valence-electron chi connectivity index (χ4n) is 3.11. The van der Waals surface area contributed by atoms with Gasteiger partial charge in [0, 0.05) is 17.5 Å². The Morgan fingerprint density at radius 2 is 1.65 bits per heavy atom. The lowest BCUT2D eigenvalue weighted by atomic mass is 9.98. The molecule has 26 heavy (non-hydrogen) atoms. The number of methoxy groups -OCH3 is 2. The summed E-state index contributed by atoms with van der Waals surface area (Å²) in [7, 11) is 3.15. The van der Waals surface area contributed by atoms with Gasteiger partial charge in [-0.25, -0.2) is 0 Å². The minimum atomic E-state index is -0.0492. The molecule has 0 unspecified atom stereocenters. The van der Waals surface area contributed by atoms with Crippen molar-refractivity contribution in [1.29, 1.82) is 0 Å². The van der Waals surface area contributed by atoms with E-state index in [1.807, 2.05) is 25.1 Å². The Morgan fingerprint density at radius 1 is 0.962 bits per heavy atom. The fourth-order valence-corrected chi connectivity index (χ4v) is 3.11. The molecule has 1 aliphatic rings. The van der Waals surface area contributed by atoms with E-state index >= 15 is 0 Å². The average Bonchev–Trinajstić information content (AvgIpc) is 2.68. The molecule has 0 amide bonds. The molecule has 4 heteroatoms. The molecule has 0 aliphatic heterocycles. The van der Waals surface area contributed by atoms with E-state index in [0.29, 0.717) is 22.6 Å². The highest BCUT2D eigenvalue weighted by Crippen LogP contribution is 2.31. The lowest BCUT2D eigenvalue weighted by molar-refractivity contribution is 0.103. The highest BCUT2D eigenvalue weighted by atomic mass is 16.5. The van der Waals surface area contributed by atoms with Crippen LogP contribution >= 0.6 is 0 Å². The van der Waals surface area contributed by atoms with Gasteiger partial charge in [-0.15, -0.1) is 0 Å². The topological polar surface area (TPSA) is 44.8 Å². The van der Waals surface area contributed by atoms with Crippen molar-refractivity contribution >= 4 is 5.78 Å². The van der Waals surface area contributed by atoms with E-state index < -0.39 is 0 Å². The quantitative estimate of drug-likeness (QED) is 0.680. The second-order valence-electron chi connectivity index (χ2n) is 6.39. The molecule has 0 bridgehead atoms. The van der Waals surface area contributed by atoms with Crippen LogP contribution in [0.3, 0.4) is 0 Å². The molecule has 0 saturated carbocycles. The Morgan fingerprint density at radius 3 is 2.27 bits per heavy atom. The van der Waals surface area contributed by atoms with E-state index in [-0.39, 0.29) is 5.78 Å². The van der Waals surface area contributed by atoms with Gasteiger partial charge in [-0.05, 0) is 74.2 Å². The predicted molar refractivity (Wildman–Crippen MR) is 101 cm³/mol. The molecule has 0 heterocycles. The van der Waals surface area contributed by atoms with Gasteiger partial charge in [-0.2, -0.15) is 0 Å². The zero-order valence-corrected chi connectivity index (χ0v) is 15.5. The SMILES string of the molecule is COc1cc(C)c(C(=O)c2ccc(OC3=CCCCC3)cc2)cc1OC. The Bertz CT molecular complexity index is 819. The summed E-state index contributed by atoms with van der Waals surface area (Å²) >= 11 is 0. The lowest BCUT2D eigenvalue weighted by Crippen LogP contribution is -2.05. The summed E-state index contributed by atoms with van der Waals surface area (Å²) < 4.78 is 16.5. The number of ketones is 1. The molecular weight excluding hydrogens is 328 g/mol. The van der Waals surface area contributed by atoms with Crippen molar-refractivity contribution in [3.05, 3.63) is 64.9 Å². The summed E-state index contributed by atoms with van der Waals surface area (Å²) in [6.45, 7) is 1.89. The lowest BCUT2D eigenvalue weighted by Gasteiger charge is -2.14. The second-order valence-corrected chi connectivity index (χ2v) is 6.39. The van der Waals surface area contributed by atoms with E-state index in [1.165, 1.54) is 12.8 Å². The molecule has 2 aromatic rings. The number of hydrogen-bond donors (Lipinski definition) is 0. The van der Waals surface area contributed by atoms with Crippen molar-refractivity contribution in [3.63, 3.8) is 0 Å². The van der Waals surface area contributed by atoms with E-state index in [0.717, 1.165) is 29.9 Å². The standard InChI is InChI=1S/C22H24O4/c1-15-13-20(24-2)21(25-3)14-19(15)22(23)16-9-11-18(12-10-16)26-17-7-5-4-6-8-17/h7,9-14H,4-6,8H2,1-3H3. The van der Waals surface area contributed by atoms with Crippen molar-refractivity contribution in [2.45, 2.75) is 32.6 Å². The van der Waals surface area contributed by atoms with Crippen LogP contribution in [0.1, 0.15) is 47.2 Å². The van der Waals surface area contributed by atoms with E-state index in [1.54, 1.807) is 32.4 Å². The van der Waals surface area contributed by atoms with E-state index in [9.17, 15) is 4.79 Å². The molecule has 0 N–H and O–H groups in total. The molecule has 0 atom stereocenters. The largest absolute Gasteiger partial charge is 0.493 e. The summed E-state index contributed by atoms with van der Waals surface area (Å²) in [4.78, 5) is 12.9. The van der Waals surface area contributed by atoms with Crippen molar-refractivity contribution in [1.82, 2.24) is 0 Å². The summed E-state index contributed by atoms with van der Waals surface area (Å²) in [5.41, 5.74) is 2.07. The Kier molecular flexibility index (Phi) is 5.61. The molecule has 0 aromatic heterocycles. The molecule has 4 nitrogen and oxygen atoms in total. The van der Waals surface area contributed by atoms with Crippen molar-refractivity contribution < 1.29 is 19.0 Å². The Balaban J connectivity index is 1.80. The molecule has 0 radical (unpaired) electrons. The third-order valence-electron chi connectivity index (χ3n) is 4.59. The number of ether oxygens (including phenoxy) is 3. The molecule has 0 fully saturated rings. The third kappa shape index (κ3) is 3.90. The fraction of sp³-hybridized carbons (Fsp3) is 0.318. The number of allylic oxidation sites excluding steroid dienone is 2. The van der Waals surface area contributed by atoms with Crippen LogP contribution in [0.5, 0.6) is 17.2 Å². The molecule has 0 spiro atoms. The number of rotatable bonds is 6. The summed E-state index contributed by atoms with van der Waals surface area (Å²) in [5.74, 6) is 2.90. The normalized spacial score (nSPS) is 13.7. The van der Waals surface area contributed by atoms with Crippen LogP contribution in [0.2, 0.25) is 0 Å². The minimum Gasteiger partial charge on any atom is -0.493 e. The van der Waals surface area contributed by atoms with Crippen LogP contribution < -0.4 is 14.2 Å². The second kappa shape index (κ2) is 8.09. The van der Waals surface area contributed by atoms with Crippen LogP contribution in [-0.2, 0) is 0 Å². The van der Waals surface area contributed by atoms with Crippen LogP contribution in [0.4, 0.5) is 0 Å². The number of benzene rings is 2. The van der Waals surface area contributed by atoms with Crippen LogP contribution in [-0.4, -0.2) is 20.0 Å². The molecule has 3 rings (SSSR count). The van der Waals surface area contributed by atoms with Gasteiger partial charge in [0.05, 0.1) is 14.2 Å². The first-order valence-electron chi connectivity index (χ1n) is 8.86. The van der Waals surface area contributed by atoms with Crippen molar-refractivity contribution in [2.24, 2.45) is 0 Å². The maximum Gasteiger partial charge on any atom is 0.193 e. The van der Waals surface area contributed by atoms with E-state index in [4.69, 9.17) is 14.2 Å². The van der Waals surface area contributed by atoms with Crippen LogP contribution in [0, 0.1) is 6.92 Å². The number of carbonyl (C=O) groups is 1. The van der Waals surface area contributed by atoms with Gasteiger partial charge < -0.3 is 14.2 Å². The first-order valence-corrected chi connectivity index (χ1v) is 8.86. The number of hydrogen-bond acceptors (Lipinski definition) is 4. The van der Waals surface area contributed by atoms with Gasteiger partial charge in [0.25, 0.3) is 0 Å². The Hall–Kier alpha value is -2.75. The van der Waals surface area contributed by atoms with Crippen LogP contribution in [0.25, 0.3) is 0 Å². The highest BCUT2D eigenvalue weighted by molar-refractivity contribution is 6.10.